The Morgan fingerprint density at radius 3 is 2.94 bits per heavy atom. The fourth-order valence-electron chi connectivity index (χ4n) is 2.54. The van der Waals surface area contributed by atoms with Crippen molar-refractivity contribution in [2.24, 2.45) is 0 Å². The minimum Gasteiger partial charge on any atom is -0.309 e. The van der Waals surface area contributed by atoms with E-state index in [0.29, 0.717) is 0 Å². The molecular weight excluding hydrogens is 210 g/mol. The standard InChI is InChI=1S/C14H25N3/c1-4-6-7-14(3,5-2)13-10-12-11-15-8-9-17(12)16-13/h10,15H,4-9,11H2,1-3H3. The van der Waals surface area contributed by atoms with Crippen molar-refractivity contribution in [3.63, 3.8) is 0 Å². The molecule has 2 heterocycles. The highest BCUT2D eigenvalue weighted by Crippen LogP contribution is 2.32. The molecule has 0 aromatic carbocycles. The third-order valence-corrected chi connectivity index (χ3v) is 4.15. The fraction of sp³-hybridized carbons (Fsp3) is 0.786. The maximum Gasteiger partial charge on any atom is 0.0686 e. The summed E-state index contributed by atoms with van der Waals surface area (Å²) in [5, 5.41) is 8.23. The number of fused-ring (bicyclic) bond motifs is 1. The van der Waals surface area contributed by atoms with Gasteiger partial charge in [-0.15, -0.1) is 0 Å². The number of aromatic nitrogens is 2. The number of hydrogen-bond acceptors (Lipinski definition) is 2. The van der Waals surface area contributed by atoms with Gasteiger partial charge in [-0.2, -0.15) is 5.10 Å². The molecule has 1 N–H and O–H groups in total. The quantitative estimate of drug-likeness (QED) is 0.850. The maximum atomic E-state index is 4.82. The lowest BCUT2D eigenvalue weighted by molar-refractivity contribution is 0.383. The lowest BCUT2D eigenvalue weighted by Crippen LogP contribution is -2.28. The number of unbranched alkanes of at least 4 members (excludes halogenated alkanes) is 1. The zero-order valence-corrected chi connectivity index (χ0v) is 11.4. The van der Waals surface area contributed by atoms with E-state index in [4.69, 9.17) is 5.10 Å². The van der Waals surface area contributed by atoms with Gasteiger partial charge in [-0.05, 0) is 18.9 Å². The van der Waals surface area contributed by atoms with Gasteiger partial charge in [0.1, 0.15) is 0 Å². The Kier molecular flexibility index (Phi) is 3.87. The van der Waals surface area contributed by atoms with Crippen LogP contribution in [0.2, 0.25) is 0 Å². The third-order valence-electron chi connectivity index (χ3n) is 4.15. The molecule has 3 nitrogen and oxygen atoms in total. The van der Waals surface area contributed by atoms with Gasteiger partial charge in [0.15, 0.2) is 0 Å². The van der Waals surface area contributed by atoms with Gasteiger partial charge in [0.25, 0.3) is 0 Å². The number of hydrogen-bond donors (Lipinski definition) is 1. The van der Waals surface area contributed by atoms with E-state index < -0.39 is 0 Å². The largest absolute Gasteiger partial charge is 0.309 e. The highest BCUT2D eigenvalue weighted by atomic mass is 15.3. The molecule has 96 valence electrons. The lowest BCUT2D eigenvalue weighted by atomic mass is 9.79. The predicted octanol–water partition coefficient (Wildman–Crippen LogP) is 2.84. The summed E-state index contributed by atoms with van der Waals surface area (Å²) in [6.45, 7) is 9.95. The van der Waals surface area contributed by atoms with Crippen LogP contribution in [-0.4, -0.2) is 16.3 Å². The molecule has 17 heavy (non-hydrogen) atoms. The molecule has 0 amide bonds. The van der Waals surface area contributed by atoms with E-state index in [9.17, 15) is 0 Å². The second-order valence-electron chi connectivity index (χ2n) is 5.44. The van der Waals surface area contributed by atoms with Crippen LogP contribution < -0.4 is 5.32 Å². The highest BCUT2D eigenvalue weighted by Gasteiger charge is 2.28. The van der Waals surface area contributed by atoms with Crippen LogP contribution in [0.25, 0.3) is 0 Å². The van der Waals surface area contributed by atoms with Gasteiger partial charge >= 0.3 is 0 Å². The highest BCUT2D eigenvalue weighted by molar-refractivity contribution is 5.20. The van der Waals surface area contributed by atoms with Crippen LogP contribution in [0.1, 0.15) is 57.8 Å². The smallest absolute Gasteiger partial charge is 0.0686 e. The number of nitrogens with one attached hydrogen (secondary N) is 1. The van der Waals surface area contributed by atoms with E-state index in [0.717, 1.165) is 19.6 Å². The molecule has 0 radical (unpaired) electrons. The van der Waals surface area contributed by atoms with Crippen LogP contribution in [0.15, 0.2) is 6.07 Å². The van der Waals surface area contributed by atoms with E-state index in [1.165, 1.54) is 37.1 Å². The van der Waals surface area contributed by atoms with Gasteiger partial charge < -0.3 is 5.32 Å². The predicted molar refractivity (Wildman–Crippen MR) is 71.1 cm³/mol. The molecule has 1 atom stereocenters. The lowest BCUT2D eigenvalue weighted by Gasteiger charge is -2.26. The van der Waals surface area contributed by atoms with E-state index >= 15 is 0 Å². The van der Waals surface area contributed by atoms with Crippen molar-refractivity contribution in [1.82, 2.24) is 15.1 Å². The minimum absolute atomic E-state index is 0.264. The van der Waals surface area contributed by atoms with Crippen molar-refractivity contribution in [1.29, 1.82) is 0 Å². The monoisotopic (exact) mass is 235 g/mol. The van der Waals surface area contributed by atoms with E-state index in [1.54, 1.807) is 0 Å². The molecule has 2 rings (SSSR count). The van der Waals surface area contributed by atoms with Crippen molar-refractivity contribution < 1.29 is 0 Å². The topological polar surface area (TPSA) is 29.9 Å². The Morgan fingerprint density at radius 1 is 1.47 bits per heavy atom. The molecule has 0 aliphatic carbocycles. The molecule has 1 aliphatic rings. The zero-order valence-electron chi connectivity index (χ0n) is 11.4. The van der Waals surface area contributed by atoms with Crippen LogP contribution in [-0.2, 0) is 18.5 Å². The minimum atomic E-state index is 0.264. The first kappa shape index (κ1) is 12.6. The van der Waals surface area contributed by atoms with Crippen molar-refractivity contribution in [3.8, 4) is 0 Å². The molecular formula is C14H25N3. The van der Waals surface area contributed by atoms with E-state index in [1.807, 2.05) is 0 Å². The summed E-state index contributed by atoms with van der Waals surface area (Å²) >= 11 is 0. The van der Waals surface area contributed by atoms with Crippen molar-refractivity contribution in [2.75, 3.05) is 6.54 Å². The fourth-order valence-corrected chi connectivity index (χ4v) is 2.54. The molecule has 0 spiro atoms. The summed E-state index contributed by atoms with van der Waals surface area (Å²) in [5.41, 5.74) is 2.91. The van der Waals surface area contributed by atoms with E-state index in [-0.39, 0.29) is 5.41 Å². The summed E-state index contributed by atoms with van der Waals surface area (Å²) in [6, 6.07) is 2.31. The second kappa shape index (κ2) is 5.21. The number of rotatable bonds is 5. The van der Waals surface area contributed by atoms with Crippen molar-refractivity contribution >= 4 is 0 Å². The molecule has 0 bridgehead atoms. The maximum absolute atomic E-state index is 4.82. The first-order valence-corrected chi connectivity index (χ1v) is 6.97. The molecule has 1 aromatic rings. The van der Waals surface area contributed by atoms with Crippen LogP contribution in [0, 0.1) is 0 Å². The summed E-state index contributed by atoms with van der Waals surface area (Å²) in [4.78, 5) is 0. The normalized spacial score (nSPS) is 18.8. The molecule has 0 fully saturated rings. The number of nitrogens with zero attached hydrogens (tertiary/aromatic N) is 2. The Morgan fingerprint density at radius 2 is 2.29 bits per heavy atom. The Bertz CT molecular complexity index is 346. The first-order chi connectivity index (χ1) is 8.19. The summed E-state index contributed by atoms with van der Waals surface area (Å²) in [7, 11) is 0. The summed E-state index contributed by atoms with van der Waals surface area (Å²) in [5.74, 6) is 0. The molecule has 1 unspecified atom stereocenters. The van der Waals surface area contributed by atoms with Gasteiger partial charge in [0.2, 0.25) is 0 Å². The summed E-state index contributed by atoms with van der Waals surface area (Å²) < 4.78 is 2.19. The SMILES string of the molecule is CCCCC(C)(CC)c1cc2n(n1)CCNC2. The van der Waals surface area contributed by atoms with Gasteiger partial charge in [0, 0.05) is 18.5 Å². The van der Waals surface area contributed by atoms with Gasteiger partial charge in [-0.1, -0.05) is 33.6 Å². The van der Waals surface area contributed by atoms with E-state index in [2.05, 4.69) is 36.8 Å². The van der Waals surface area contributed by atoms with Crippen LogP contribution >= 0.6 is 0 Å². The van der Waals surface area contributed by atoms with Gasteiger partial charge in [0.05, 0.1) is 17.9 Å². The molecule has 1 aliphatic heterocycles. The Balaban J connectivity index is 2.21. The van der Waals surface area contributed by atoms with Crippen molar-refractivity contribution in [3.05, 3.63) is 17.5 Å². The zero-order chi connectivity index (χ0) is 12.3. The Hall–Kier alpha value is -0.830. The average molecular weight is 235 g/mol. The molecule has 1 aromatic heterocycles. The molecule has 3 heteroatoms. The van der Waals surface area contributed by atoms with Crippen LogP contribution in [0.5, 0.6) is 0 Å². The third kappa shape index (κ3) is 2.54. The first-order valence-electron chi connectivity index (χ1n) is 6.97. The Labute approximate surface area is 105 Å². The molecule has 0 saturated heterocycles. The second-order valence-corrected chi connectivity index (χ2v) is 5.44. The van der Waals surface area contributed by atoms with Crippen LogP contribution in [0.3, 0.4) is 0 Å². The van der Waals surface area contributed by atoms with Gasteiger partial charge in [-0.3, -0.25) is 4.68 Å². The van der Waals surface area contributed by atoms with Crippen molar-refractivity contribution in [2.45, 2.75) is 65.0 Å². The molecule has 0 saturated carbocycles. The average Bonchev–Trinajstić information content (AvgIpc) is 2.80. The van der Waals surface area contributed by atoms with Gasteiger partial charge in [-0.25, -0.2) is 0 Å². The van der Waals surface area contributed by atoms with Crippen LogP contribution in [0.4, 0.5) is 0 Å². The summed E-state index contributed by atoms with van der Waals surface area (Å²) in [6.07, 6.45) is 5.00.